The molecular weight excluding hydrogens is 418 g/mol. The van der Waals surface area contributed by atoms with Gasteiger partial charge in [-0.1, -0.05) is 36.4 Å². The van der Waals surface area contributed by atoms with Gasteiger partial charge in [0.25, 0.3) is 0 Å². The smallest absolute Gasteiger partial charge is 0.315 e. The highest BCUT2D eigenvalue weighted by Gasteiger charge is 2.45. The van der Waals surface area contributed by atoms with Gasteiger partial charge in [-0.3, -0.25) is 14.6 Å². The molecule has 0 saturated heterocycles. The van der Waals surface area contributed by atoms with E-state index < -0.39 is 17.8 Å². The van der Waals surface area contributed by atoms with Gasteiger partial charge >= 0.3 is 5.97 Å². The third-order valence-corrected chi connectivity index (χ3v) is 6.33. The van der Waals surface area contributed by atoms with Crippen LogP contribution in [0.25, 0.3) is 0 Å². The number of aliphatic imine (C=N–C) groups is 1. The quantitative estimate of drug-likeness (QED) is 0.657. The zero-order chi connectivity index (χ0) is 23.7. The molecule has 0 spiro atoms. The molecule has 4 rings (SSSR count). The van der Waals surface area contributed by atoms with Crippen molar-refractivity contribution in [2.24, 2.45) is 10.9 Å². The lowest BCUT2D eigenvalue weighted by molar-refractivity contribution is -0.150. The summed E-state index contributed by atoms with van der Waals surface area (Å²) in [5, 5.41) is 10.1. The number of allylic oxidation sites excluding steroid dienone is 2. The summed E-state index contributed by atoms with van der Waals surface area (Å²) in [6, 6.07) is 14.9. The van der Waals surface area contributed by atoms with Crippen molar-refractivity contribution in [3.05, 3.63) is 70.9 Å². The van der Waals surface area contributed by atoms with Gasteiger partial charge in [0.15, 0.2) is 17.3 Å². The van der Waals surface area contributed by atoms with Crippen LogP contribution in [0, 0.1) is 5.92 Å². The Bertz CT molecular complexity index is 1130. The second-order valence-corrected chi connectivity index (χ2v) is 8.92. The fourth-order valence-corrected chi connectivity index (χ4v) is 4.88. The van der Waals surface area contributed by atoms with Gasteiger partial charge in [-0.05, 0) is 56.4 Å². The van der Waals surface area contributed by atoms with Gasteiger partial charge in [-0.15, -0.1) is 0 Å². The maximum Gasteiger partial charge on any atom is 0.315 e. The number of esters is 1. The number of aromatic hydroxyl groups is 1. The van der Waals surface area contributed by atoms with Gasteiger partial charge in [-0.25, -0.2) is 0 Å². The van der Waals surface area contributed by atoms with Crippen LogP contribution in [0.1, 0.15) is 56.6 Å². The summed E-state index contributed by atoms with van der Waals surface area (Å²) in [4.78, 5) is 31.5. The highest BCUT2D eigenvalue weighted by molar-refractivity contribution is 6.09. The standard InChI is InChI=1S/C27H29NO5/c1-15(2)33-27(31)24-16(3)28-20-12-19(17-8-6-5-7-9-17)13-22(30)26(20)25(24)18-10-11-21(29)23(14-18)32-4/h5-11,14-15,19,24-25,29H,12-13H2,1-4H3/t19-,24?,25-/m0/s1. The van der Waals surface area contributed by atoms with Crippen molar-refractivity contribution in [2.75, 3.05) is 7.11 Å². The first kappa shape index (κ1) is 22.8. The topological polar surface area (TPSA) is 85.2 Å². The number of phenolic OH excluding ortho intramolecular Hbond substituents is 1. The molecular formula is C27H29NO5. The van der Waals surface area contributed by atoms with Crippen LogP contribution in [-0.2, 0) is 14.3 Å². The number of rotatable bonds is 5. The largest absolute Gasteiger partial charge is 0.504 e. The molecule has 2 aromatic rings. The monoisotopic (exact) mass is 447 g/mol. The van der Waals surface area contributed by atoms with Gasteiger partial charge in [0.1, 0.15) is 5.92 Å². The fraction of sp³-hybridized carbons (Fsp3) is 0.370. The molecule has 2 aromatic carbocycles. The number of carbonyl (C=O) groups is 2. The first-order chi connectivity index (χ1) is 15.8. The van der Waals surface area contributed by atoms with E-state index in [2.05, 4.69) is 0 Å². The molecule has 1 heterocycles. The molecule has 1 aliphatic heterocycles. The molecule has 3 atom stereocenters. The lowest BCUT2D eigenvalue weighted by Gasteiger charge is -2.36. The lowest BCUT2D eigenvalue weighted by atomic mass is 9.69. The highest BCUT2D eigenvalue weighted by Crippen LogP contribution is 2.47. The molecule has 0 fully saturated rings. The molecule has 1 aliphatic carbocycles. The Kier molecular flexibility index (Phi) is 6.36. The third-order valence-electron chi connectivity index (χ3n) is 6.33. The van der Waals surface area contributed by atoms with Gasteiger partial charge in [0.05, 0.1) is 13.2 Å². The highest BCUT2D eigenvalue weighted by atomic mass is 16.5. The van der Waals surface area contributed by atoms with Crippen molar-refractivity contribution in [3.8, 4) is 11.5 Å². The van der Waals surface area contributed by atoms with Gasteiger partial charge < -0.3 is 14.6 Å². The van der Waals surface area contributed by atoms with Crippen molar-refractivity contribution in [1.29, 1.82) is 0 Å². The summed E-state index contributed by atoms with van der Waals surface area (Å²) in [5.74, 6) is -1.37. The number of Topliss-reactive ketones (excluding diaryl/α,β-unsaturated/α-hetero) is 1. The van der Waals surface area contributed by atoms with E-state index in [1.807, 2.05) is 37.3 Å². The normalized spacial score (nSPS) is 22.6. The molecule has 6 nitrogen and oxygen atoms in total. The van der Waals surface area contributed by atoms with E-state index in [4.69, 9.17) is 14.5 Å². The number of phenols is 1. The fourth-order valence-electron chi connectivity index (χ4n) is 4.88. The molecule has 1 unspecified atom stereocenters. The number of hydrogen-bond acceptors (Lipinski definition) is 6. The van der Waals surface area contributed by atoms with Crippen molar-refractivity contribution in [1.82, 2.24) is 0 Å². The van der Waals surface area contributed by atoms with E-state index in [1.54, 1.807) is 26.0 Å². The zero-order valence-electron chi connectivity index (χ0n) is 19.4. The minimum Gasteiger partial charge on any atom is -0.504 e. The molecule has 0 bridgehead atoms. The van der Waals surface area contributed by atoms with E-state index in [1.165, 1.54) is 13.2 Å². The summed E-state index contributed by atoms with van der Waals surface area (Å²) in [7, 11) is 1.47. The second kappa shape index (κ2) is 9.22. The van der Waals surface area contributed by atoms with Gasteiger partial charge in [0.2, 0.25) is 0 Å². The Labute approximate surface area is 194 Å². The maximum absolute atomic E-state index is 13.6. The van der Waals surface area contributed by atoms with Crippen molar-refractivity contribution < 1.29 is 24.2 Å². The minimum absolute atomic E-state index is 0.00271. The van der Waals surface area contributed by atoms with Crippen LogP contribution >= 0.6 is 0 Å². The number of methoxy groups -OCH3 is 1. The molecule has 6 heteroatoms. The van der Waals surface area contributed by atoms with Crippen molar-refractivity contribution >= 4 is 17.5 Å². The Hall–Kier alpha value is -3.41. The maximum atomic E-state index is 13.6. The van der Waals surface area contributed by atoms with Crippen LogP contribution < -0.4 is 4.74 Å². The molecule has 0 radical (unpaired) electrons. The minimum atomic E-state index is -0.724. The zero-order valence-corrected chi connectivity index (χ0v) is 19.4. The summed E-state index contributed by atoms with van der Waals surface area (Å²) < 4.78 is 10.9. The Morgan fingerprint density at radius 1 is 1.09 bits per heavy atom. The molecule has 2 aliphatic rings. The Morgan fingerprint density at radius 2 is 1.82 bits per heavy atom. The summed E-state index contributed by atoms with van der Waals surface area (Å²) >= 11 is 0. The van der Waals surface area contributed by atoms with Gasteiger partial charge in [0, 0.05) is 29.3 Å². The molecule has 1 N–H and O–H groups in total. The predicted octanol–water partition coefficient (Wildman–Crippen LogP) is 4.93. The number of hydrogen-bond donors (Lipinski definition) is 1. The Balaban J connectivity index is 1.83. The number of carbonyl (C=O) groups excluding carboxylic acids is 2. The summed E-state index contributed by atoms with van der Waals surface area (Å²) in [6.45, 7) is 5.41. The molecule has 0 amide bonds. The number of benzene rings is 2. The van der Waals surface area contributed by atoms with E-state index in [9.17, 15) is 14.7 Å². The van der Waals surface area contributed by atoms with Crippen LogP contribution in [-0.4, -0.2) is 35.8 Å². The number of nitrogens with zero attached hydrogens (tertiary/aromatic N) is 1. The molecule has 0 saturated carbocycles. The lowest BCUT2D eigenvalue weighted by Crippen LogP contribution is -2.38. The molecule has 0 aromatic heterocycles. The average Bonchev–Trinajstić information content (AvgIpc) is 2.78. The van der Waals surface area contributed by atoms with Crippen LogP contribution in [0.2, 0.25) is 0 Å². The van der Waals surface area contributed by atoms with Crippen molar-refractivity contribution in [3.63, 3.8) is 0 Å². The van der Waals surface area contributed by atoms with Crippen LogP contribution in [0.5, 0.6) is 11.5 Å². The van der Waals surface area contributed by atoms with Crippen LogP contribution in [0.15, 0.2) is 64.8 Å². The number of ketones is 1. The first-order valence-electron chi connectivity index (χ1n) is 11.2. The molecule has 33 heavy (non-hydrogen) atoms. The average molecular weight is 448 g/mol. The van der Waals surface area contributed by atoms with E-state index in [-0.39, 0.29) is 29.3 Å². The van der Waals surface area contributed by atoms with E-state index >= 15 is 0 Å². The SMILES string of the molecule is COc1cc([C@@H]2C3=C(C[C@H](c4ccccc4)CC3=O)N=C(C)C2C(=O)OC(C)C)ccc1O. The van der Waals surface area contributed by atoms with Crippen LogP contribution in [0.3, 0.4) is 0 Å². The van der Waals surface area contributed by atoms with Gasteiger partial charge in [-0.2, -0.15) is 0 Å². The third kappa shape index (κ3) is 4.42. The molecule has 172 valence electrons. The first-order valence-corrected chi connectivity index (χ1v) is 11.2. The second-order valence-electron chi connectivity index (χ2n) is 8.92. The predicted molar refractivity (Wildman–Crippen MR) is 126 cm³/mol. The van der Waals surface area contributed by atoms with E-state index in [0.29, 0.717) is 29.7 Å². The van der Waals surface area contributed by atoms with E-state index in [0.717, 1.165) is 11.3 Å². The number of ether oxygens (including phenoxy) is 2. The summed E-state index contributed by atoms with van der Waals surface area (Å²) in [6.07, 6.45) is 0.690. The van der Waals surface area contributed by atoms with Crippen molar-refractivity contribution in [2.45, 2.75) is 51.6 Å². The van der Waals surface area contributed by atoms with Crippen LogP contribution in [0.4, 0.5) is 0 Å². The Morgan fingerprint density at radius 3 is 2.48 bits per heavy atom. The summed E-state index contributed by atoms with van der Waals surface area (Å²) in [5.41, 5.74) is 3.73.